The molecule has 1 aromatic rings. The van der Waals surface area contributed by atoms with Gasteiger partial charge in [0.05, 0.1) is 18.8 Å². The third-order valence-electron chi connectivity index (χ3n) is 4.37. The van der Waals surface area contributed by atoms with Crippen LogP contribution in [0.1, 0.15) is 32.1 Å². The first kappa shape index (κ1) is 22.0. The molecule has 1 atom stereocenters. The fraction of sp³-hybridized carbons (Fsp3) is 0.588. The van der Waals surface area contributed by atoms with Gasteiger partial charge in [0.1, 0.15) is 6.10 Å². The van der Waals surface area contributed by atoms with E-state index in [-0.39, 0.29) is 54.0 Å². The van der Waals surface area contributed by atoms with Crippen LogP contribution in [-0.2, 0) is 9.47 Å². The summed E-state index contributed by atoms with van der Waals surface area (Å²) >= 11 is 0. The van der Waals surface area contributed by atoms with Gasteiger partial charge in [-0.2, -0.15) is 0 Å². The first-order valence-electron chi connectivity index (χ1n) is 8.59. The van der Waals surface area contributed by atoms with E-state index < -0.39 is 12.1 Å². The molecule has 6 nitrogen and oxygen atoms in total. The smallest absolute Gasteiger partial charge is 0.404 e. The van der Waals surface area contributed by atoms with Gasteiger partial charge in [0.15, 0.2) is 17.5 Å². The number of hydrogen-bond acceptors (Lipinski definition) is 4. The fourth-order valence-corrected chi connectivity index (χ4v) is 3.22. The van der Waals surface area contributed by atoms with Crippen LogP contribution in [0, 0.1) is 0 Å². The number of hydrogen-bond donors (Lipinski definition) is 2. The van der Waals surface area contributed by atoms with Crippen LogP contribution in [0.3, 0.4) is 0 Å². The predicted octanol–water partition coefficient (Wildman–Crippen LogP) is 4.01. The highest BCUT2D eigenvalue weighted by molar-refractivity contribution is 14.0. The Kier molecular flexibility index (Phi) is 7.57. The van der Waals surface area contributed by atoms with Gasteiger partial charge in [-0.15, -0.1) is 37.1 Å². The second kappa shape index (κ2) is 9.28. The number of alkyl halides is 3. The van der Waals surface area contributed by atoms with Crippen molar-refractivity contribution < 1.29 is 27.4 Å². The van der Waals surface area contributed by atoms with Gasteiger partial charge in [-0.1, -0.05) is 18.6 Å². The van der Waals surface area contributed by atoms with Crippen molar-refractivity contribution in [1.82, 2.24) is 0 Å². The van der Waals surface area contributed by atoms with E-state index in [0.717, 1.165) is 25.7 Å². The largest absolute Gasteiger partial charge is 0.573 e. The minimum atomic E-state index is -4.78. The van der Waals surface area contributed by atoms with E-state index in [4.69, 9.17) is 15.2 Å². The summed E-state index contributed by atoms with van der Waals surface area (Å²) in [6.45, 7) is 0.702. The number of nitrogens with zero attached hydrogens (tertiary/aromatic N) is 1. The van der Waals surface area contributed by atoms with Gasteiger partial charge in [-0.05, 0) is 25.0 Å². The zero-order chi connectivity index (χ0) is 18.6. The van der Waals surface area contributed by atoms with Crippen LogP contribution in [0.4, 0.5) is 18.9 Å². The molecule has 10 heteroatoms. The molecule has 2 fully saturated rings. The second-order valence-corrected chi connectivity index (χ2v) is 6.42. The minimum absolute atomic E-state index is 0. The monoisotopic (exact) mass is 501 g/mol. The van der Waals surface area contributed by atoms with Crippen LogP contribution in [0.5, 0.6) is 5.75 Å². The number of guanidine groups is 1. The SMILES string of the molecule is I.NC(=NCC1COC2(CCCCC2)O1)Nc1ccccc1OC(F)(F)F. The quantitative estimate of drug-likeness (QED) is 0.371. The highest BCUT2D eigenvalue weighted by Crippen LogP contribution is 2.37. The second-order valence-electron chi connectivity index (χ2n) is 6.42. The number of halogens is 4. The first-order chi connectivity index (χ1) is 12.4. The molecule has 0 aromatic heterocycles. The average Bonchev–Trinajstić information content (AvgIpc) is 2.97. The molecule has 0 radical (unpaired) electrons. The molecular weight excluding hydrogens is 478 g/mol. The lowest BCUT2D eigenvalue weighted by molar-refractivity contribution is -0.274. The van der Waals surface area contributed by atoms with Crippen molar-refractivity contribution in [2.24, 2.45) is 10.7 Å². The molecule has 1 unspecified atom stereocenters. The number of nitrogens with one attached hydrogen (secondary N) is 1. The van der Waals surface area contributed by atoms with Gasteiger partial charge in [0.25, 0.3) is 0 Å². The molecule has 1 aromatic carbocycles. The number of aliphatic imine (C=N–C) groups is 1. The Morgan fingerprint density at radius 2 is 1.96 bits per heavy atom. The zero-order valence-corrected chi connectivity index (χ0v) is 17.0. The summed E-state index contributed by atoms with van der Waals surface area (Å²) in [6.07, 6.45) is 0.105. The third kappa shape index (κ3) is 6.39. The Morgan fingerprint density at radius 1 is 1.26 bits per heavy atom. The van der Waals surface area contributed by atoms with Crippen molar-refractivity contribution in [1.29, 1.82) is 0 Å². The van der Waals surface area contributed by atoms with Crippen LogP contribution >= 0.6 is 24.0 Å². The lowest BCUT2D eigenvalue weighted by Crippen LogP contribution is -2.34. The van der Waals surface area contributed by atoms with Gasteiger partial charge in [-0.25, -0.2) is 0 Å². The molecule has 0 amide bonds. The lowest BCUT2D eigenvalue weighted by atomic mass is 9.94. The summed E-state index contributed by atoms with van der Waals surface area (Å²) in [5.41, 5.74) is 5.87. The fourth-order valence-electron chi connectivity index (χ4n) is 3.22. The molecule has 152 valence electrons. The Balaban J connectivity index is 0.00000261. The molecule has 0 bridgehead atoms. The summed E-state index contributed by atoms with van der Waals surface area (Å²) < 4.78 is 53.1. The minimum Gasteiger partial charge on any atom is -0.404 e. The maximum Gasteiger partial charge on any atom is 0.573 e. The van der Waals surface area contributed by atoms with Crippen molar-refractivity contribution in [3.63, 3.8) is 0 Å². The Labute approximate surface area is 172 Å². The van der Waals surface area contributed by atoms with Crippen molar-refractivity contribution in [2.75, 3.05) is 18.5 Å². The van der Waals surface area contributed by atoms with Crippen LogP contribution < -0.4 is 15.8 Å². The molecule has 3 rings (SSSR count). The third-order valence-corrected chi connectivity index (χ3v) is 4.37. The normalized spacial score (nSPS) is 22.3. The number of para-hydroxylation sites is 2. The topological polar surface area (TPSA) is 78.1 Å². The summed E-state index contributed by atoms with van der Waals surface area (Å²) in [7, 11) is 0. The molecule has 2 aliphatic rings. The standard InChI is InChI=1S/C17H22F3N3O3.HI/c18-17(19,20)26-14-7-3-2-6-13(14)23-15(21)22-10-12-11-24-16(25-12)8-4-1-5-9-16;/h2-3,6-7,12H,1,4-5,8-11H2,(H3,21,22,23);1H. The number of anilines is 1. The van der Waals surface area contributed by atoms with Crippen LogP contribution in [0.2, 0.25) is 0 Å². The highest BCUT2D eigenvalue weighted by atomic mass is 127. The van der Waals surface area contributed by atoms with E-state index in [9.17, 15) is 13.2 Å². The molecule has 1 aliphatic heterocycles. The van der Waals surface area contributed by atoms with Gasteiger partial charge in [0, 0.05) is 12.8 Å². The Morgan fingerprint density at radius 3 is 2.67 bits per heavy atom. The van der Waals surface area contributed by atoms with Gasteiger partial charge >= 0.3 is 6.36 Å². The Bertz CT molecular complexity index is 652. The van der Waals surface area contributed by atoms with E-state index in [1.54, 1.807) is 6.07 Å². The number of benzene rings is 1. The van der Waals surface area contributed by atoms with Crippen molar-refractivity contribution in [3.05, 3.63) is 24.3 Å². The summed E-state index contributed by atoms with van der Waals surface area (Å²) in [5.74, 6) is -0.885. The Hall–Kier alpha value is -1.27. The molecular formula is C17H23F3IN3O3. The molecule has 1 saturated carbocycles. The van der Waals surface area contributed by atoms with E-state index in [0.29, 0.717) is 6.61 Å². The van der Waals surface area contributed by atoms with Crippen LogP contribution in [-0.4, -0.2) is 37.4 Å². The van der Waals surface area contributed by atoms with E-state index in [1.807, 2.05) is 0 Å². The van der Waals surface area contributed by atoms with E-state index in [1.165, 1.54) is 24.6 Å². The first-order valence-corrected chi connectivity index (χ1v) is 8.59. The summed E-state index contributed by atoms with van der Waals surface area (Å²) in [4.78, 5) is 4.16. The van der Waals surface area contributed by atoms with Gasteiger partial charge in [-0.3, -0.25) is 4.99 Å². The number of nitrogens with two attached hydrogens (primary N) is 1. The van der Waals surface area contributed by atoms with E-state index in [2.05, 4.69) is 15.0 Å². The molecule has 1 spiro atoms. The van der Waals surface area contributed by atoms with Crippen molar-refractivity contribution >= 4 is 35.6 Å². The van der Waals surface area contributed by atoms with Crippen LogP contribution in [0.25, 0.3) is 0 Å². The van der Waals surface area contributed by atoms with Gasteiger partial charge < -0.3 is 25.3 Å². The molecule has 1 aliphatic carbocycles. The van der Waals surface area contributed by atoms with Gasteiger partial charge in [0.2, 0.25) is 0 Å². The van der Waals surface area contributed by atoms with Crippen molar-refractivity contribution in [2.45, 2.75) is 50.4 Å². The average molecular weight is 501 g/mol. The summed E-state index contributed by atoms with van der Waals surface area (Å²) in [5, 5.41) is 2.63. The molecule has 1 saturated heterocycles. The van der Waals surface area contributed by atoms with Crippen LogP contribution in [0.15, 0.2) is 29.3 Å². The highest BCUT2D eigenvalue weighted by Gasteiger charge is 2.42. The number of rotatable bonds is 4. The van der Waals surface area contributed by atoms with E-state index >= 15 is 0 Å². The zero-order valence-electron chi connectivity index (χ0n) is 14.6. The molecule has 3 N–H and O–H groups in total. The lowest BCUT2D eigenvalue weighted by Gasteiger charge is -2.31. The predicted molar refractivity (Wildman–Crippen MR) is 105 cm³/mol. The van der Waals surface area contributed by atoms with Crippen molar-refractivity contribution in [3.8, 4) is 5.75 Å². The maximum absolute atomic E-state index is 12.4. The number of ether oxygens (including phenoxy) is 3. The summed E-state index contributed by atoms with van der Waals surface area (Å²) in [6, 6.07) is 5.63. The maximum atomic E-state index is 12.4. The molecule has 1 heterocycles. The molecule has 27 heavy (non-hydrogen) atoms.